The second kappa shape index (κ2) is 9.80. The highest BCUT2D eigenvalue weighted by molar-refractivity contribution is 7.10. The maximum atomic E-state index is 12.1. The lowest BCUT2D eigenvalue weighted by Crippen LogP contribution is -2.36. The van der Waals surface area contributed by atoms with Gasteiger partial charge in [0, 0.05) is 11.4 Å². The molecule has 134 valence electrons. The number of esters is 1. The van der Waals surface area contributed by atoms with Gasteiger partial charge in [0.25, 0.3) is 0 Å². The number of thiophene rings is 1. The monoisotopic (exact) mass is 362 g/mol. The van der Waals surface area contributed by atoms with Crippen LogP contribution in [-0.4, -0.2) is 32.6 Å². The van der Waals surface area contributed by atoms with Crippen LogP contribution in [0.4, 0.5) is 0 Å². The Morgan fingerprint density at radius 3 is 2.72 bits per heavy atom. The second-order valence-electron chi connectivity index (χ2n) is 5.36. The number of benzene rings is 1. The molecule has 0 bridgehead atoms. The second-order valence-corrected chi connectivity index (χ2v) is 6.34. The molecule has 2 N–H and O–H groups in total. The van der Waals surface area contributed by atoms with E-state index in [2.05, 4.69) is 10.6 Å². The van der Waals surface area contributed by atoms with Gasteiger partial charge in [-0.2, -0.15) is 0 Å². The number of methoxy groups -OCH3 is 2. The molecule has 0 fully saturated rings. The van der Waals surface area contributed by atoms with Gasteiger partial charge in [0.1, 0.15) is 5.75 Å². The molecule has 1 aromatic carbocycles. The number of carbonyl (C=O) groups is 2. The first-order valence-corrected chi connectivity index (χ1v) is 8.73. The maximum absolute atomic E-state index is 12.1. The van der Waals surface area contributed by atoms with E-state index in [4.69, 9.17) is 9.47 Å². The number of rotatable bonds is 9. The fourth-order valence-corrected chi connectivity index (χ4v) is 3.08. The molecule has 0 saturated heterocycles. The molecule has 0 aliphatic rings. The van der Waals surface area contributed by atoms with Crippen LogP contribution in [0.3, 0.4) is 0 Å². The number of hydrogen-bond donors (Lipinski definition) is 2. The summed E-state index contributed by atoms with van der Waals surface area (Å²) in [6.07, 6.45) is 0.181. The van der Waals surface area contributed by atoms with E-state index in [0.29, 0.717) is 6.54 Å². The van der Waals surface area contributed by atoms with Gasteiger partial charge >= 0.3 is 5.97 Å². The molecule has 1 aromatic heterocycles. The molecule has 1 amide bonds. The lowest BCUT2D eigenvalue weighted by molar-refractivity contribution is -0.141. The van der Waals surface area contributed by atoms with Crippen molar-refractivity contribution in [1.29, 1.82) is 0 Å². The minimum atomic E-state index is -0.317. The Morgan fingerprint density at radius 1 is 1.20 bits per heavy atom. The third-order valence-electron chi connectivity index (χ3n) is 3.62. The zero-order chi connectivity index (χ0) is 18.1. The molecule has 2 rings (SSSR count). The fourth-order valence-electron chi connectivity index (χ4n) is 2.27. The van der Waals surface area contributed by atoms with E-state index in [1.54, 1.807) is 7.11 Å². The first-order chi connectivity index (χ1) is 12.1. The van der Waals surface area contributed by atoms with Crippen molar-refractivity contribution in [2.75, 3.05) is 20.8 Å². The van der Waals surface area contributed by atoms with E-state index in [-0.39, 0.29) is 30.9 Å². The SMILES string of the molecule is COC(=O)CC(NCC(=O)NCc1cccc(OC)c1)c1cccs1. The number of nitrogens with one attached hydrogen (secondary N) is 2. The smallest absolute Gasteiger partial charge is 0.307 e. The van der Waals surface area contributed by atoms with Crippen LogP contribution in [-0.2, 0) is 20.9 Å². The van der Waals surface area contributed by atoms with E-state index >= 15 is 0 Å². The van der Waals surface area contributed by atoms with Crippen LogP contribution in [0.25, 0.3) is 0 Å². The van der Waals surface area contributed by atoms with Gasteiger partial charge in [-0.15, -0.1) is 11.3 Å². The van der Waals surface area contributed by atoms with E-state index < -0.39 is 0 Å². The fraction of sp³-hybridized carbons (Fsp3) is 0.333. The highest BCUT2D eigenvalue weighted by Crippen LogP contribution is 2.22. The summed E-state index contributed by atoms with van der Waals surface area (Å²) < 4.78 is 9.89. The van der Waals surface area contributed by atoms with Gasteiger partial charge in [-0.25, -0.2) is 0 Å². The standard InChI is InChI=1S/C18H22N2O4S/c1-23-14-6-3-5-13(9-14)11-20-17(21)12-19-15(10-18(22)24-2)16-7-4-8-25-16/h3-9,15,19H,10-12H2,1-2H3,(H,20,21). The van der Waals surface area contributed by atoms with Crippen LogP contribution in [0, 0.1) is 0 Å². The van der Waals surface area contributed by atoms with E-state index in [1.165, 1.54) is 18.4 Å². The Kier molecular flexibility index (Phi) is 7.43. The van der Waals surface area contributed by atoms with Crippen LogP contribution in [0.5, 0.6) is 5.75 Å². The van der Waals surface area contributed by atoms with Crippen molar-refractivity contribution in [2.45, 2.75) is 19.0 Å². The average Bonchev–Trinajstić information content (AvgIpc) is 3.17. The maximum Gasteiger partial charge on any atom is 0.307 e. The third kappa shape index (κ3) is 6.21. The van der Waals surface area contributed by atoms with Crippen LogP contribution in [0.1, 0.15) is 22.9 Å². The predicted octanol–water partition coefficient (Wildman–Crippen LogP) is 2.27. The summed E-state index contributed by atoms with van der Waals surface area (Å²) in [7, 11) is 2.96. The first-order valence-electron chi connectivity index (χ1n) is 7.85. The van der Waals surface area contributed by atoms with Crippen molar-refractivity contribution in [2.24, 2.45) is 0 Å². The van der Waals surface area contributed by atoms with Crippen LogP contribution >= 0.6 is 11.3 Å². The first kappa shape index (κ1) is 19.0. The highest BCUT2D eigenvalue weighted by Gasteiger charge is 2.18. The van der Waals surface area contributed by atoms with Crippen molar-refractivity contribution in [1.82, 2.24) is 10.6 Å². The Hall–Kier alpha value is -2.38. The summed E-state index contributed by atoms with van der Waals surface area (Å²) in [6, 6.07) is 11.1. The molecule has 0 radical (unpaired) electrons. The van der Waals surface area contributed by atoms with Crippen molar-refractivity contribution < 1.29 is 19.1 Å². The lowest BCUT2D eigenvalue weighted by Gasteiger charge is -2.16. The highest BCUT2D eigenvalue weighted by atomic mass is 32.1. The molecule has 1 atom stereocenters. The number of amides is 1. The molecular formula is C18H22N2O4S. The predicted molar refractivity (Wildman–Crippen MR) is 96.5 cm³/mol. The van der Waals surface area contributed by atoms with Crippen molar-refractivity contribution >= 4 is 23.2 Å². The summed E-state index contributed by atoms with van der Waals surface area (Å²) in [4.78, 5) is 24.6. The summed E-state index contributed by atoms with van der Waals surface area (Å²) in [5.41, 5.74) is 0.956. The molecule has 1 unspecified atom stereocenters. The molecule has 1 heterocycles. The summed E-state index contributed by atoms with van der Waals surface area (Å²) >= 11 is 1.53. The van der Waals surface area contributed by atoms with Gasteiger partial charge in [-0.3, -0.25) is 9.59 Å². The Labute approximate surface area is 151 Å². The van der Waals surface area contributed by atoms with Gasteiger partial charge in [0.15, 0.2) is 0 Å². The molecule has 0 aliphatic heterocycles. The van der Waals surface area contributed by atoms with Gasteiger partial charge in [-0.1, -0.05) is 18.2 Å². The minimum absolute atomic E-state index is 0.115. The van der Waals surface area contributed by atoms with E-state index in [1.807, 2.05) is 41.8 Å². The van der Waals surface area contributed by atoms with E-state index in [0.717, 1.165) is 16.2 Å². The summed E-state index contributed by atoms with van der Waals surface area (Å²) in [5, 5.41) is 7.90. The van der Waals surface area contributed by atoms with Crippen molar-refractivity contribution in [3.63, 3.8) is 0 Å². The largest absolute Gasteiger partial charge is 0.497 e. The number of ether oxygens (including phenoxy) is 2. The Morgan fingerprint density at radius 2 is 2.04 bits per heavy atom. The van der Waals surface area contributed by atoms with Gasteiger partial charge in [0.05, 0.1) is 33.2 Å². The molecule has 25 heavy (non-hydrogen) atoms. The number of carbonyl (C=O) groups excluding carboxylic acids is 2. The van der Waals surface area contributed by atoms with Crippen LogP contribution < -0.4 is 15.4 Å². The molecular weight excluding hydrogens is 340 g/mol. The average molecular weight is 362 g/mol. The minimum Gasteiger partial charge on any atom is -0.497 e. The molecule has 0 spiro atoms. The zero-order valence-corrected chi connectivity index (χ0v) is 15.1. The summed E-state index contributed by atoms with van der Waals surface area (Å²) in [6.45, 7) is 0.530. The Bertz CT molecular complexity index is 688. The van der Waals surface area contributed by atoms with Gasteiger partial charge in [-0.05, 0) is 29.1 Å². The molecule has 7 heteroatoms. The van der Waals surface area contributed by atoms with Crippen LogP contribution in [0.2, 0.25) is 0 Å². The quantitative estimate of drug-likeness (QED) is 0.669. The normalized spacial score (nSPS) is 11.6. The lowest BCUT2D eigenvalue weighted by atomic mass is 10.1. The van der Waals surface area contributed by atoms with Crippen LogP contribution in [0.15, 0.2) is 41.8 Å². The number of hydrogen-bond acceptors (Lipinski definition) is 6. The van der Waals surface area contributed by atoms with Crippen molar-refractivity contribution in [3.05, 3.63) is 52.2 Å². The van der Waals surface area contributed by atoms with Gasteiger partial charge < -0.3 is 20.1 Å². The molecule has 0 aliphatic carbocycles. The molecule has 2 aromatic rings. The van der Waals surface area contributed by atoms with Gasteiger partial charge in [0.2, 0.25) is 5.91 Å². The molecule has 0 saturated carbocycles. The topological polar surface area (TPSA) is 76.7 Å². The molecule has 6 nitrogen and oxygen atoms in total. The Balaban J connectivity index is 1.84. The van der Waals surface area contributed by atoms with Crippen molar-refractivity contribution in [3.8, 4) is 5.75 Å². The van der Waals surface area contributed by atoms with E-state index in [9.17, 15) is 9.59 Å². The third-order valence-corrected chi connectivity index (χ3v) is 4.60. The summed E-state index contributed by atoms with van der Waals surface area (Å²) in [5.74, 6) is 0.289. The zero-order valence-electron chi connectivity index (χ0n) is 14.3.